The molecule has 0 aromatic heterocycles. The summed E-state index contributed by atoms with van der Waals surface area (Å²) < 4.78 is 26.2. The van der Waals surface area contributed by atoms with Gasteiger partial charge in [-0.2, -0.15) is 0 Å². The van der Waals surface area contributed by atoms with E-state index in [1.165, 1.54) is 0 Å². The highest BCUT2D eigenvalue weighted by molar-refractivity contribution is 7.89. The molecule has 0 aliphatic carbocycles. The number of nitrogens with one attached hydrogen (secondary N) is 1. The lowest BCUT2D eigenvalue weighted by molar-refractivity contribution is -0.121. The number of carbonyl (C=O) groups excluding carboxylic acids is 1. The van der Waals surface area contributed by atoms with Crippen molar-refractivity contribution in [3.63, 3.8) is 0 Å². The van der Waals surface area contributed by atoms with Crippen molar-refractivity contribution in [1.29, 1.82) is 0 Å². The Morgan fingerprint density at radius 2 is 2.06 bits per heavy atom. The summed E-state index contributed by atoms with van der Waals surface area (Å²) in [7, 11) is -3.42. The first-order chi connectivity index (χ1) is 7.45. The molecule has 3 N–H and O–H groups in total. The van der Waals surface area contributed by atoms with Crippen molar-refractivity contribution >= 4 is 15.9 Å². The minimum absolute atomic E-state index is 0.0888. The maximum Gasteiger partial charge on any atom is 0.220 e. The van der Waals surface area contributed by atoms with Gasteiger partial charge in [-0.25, -0.2) is 13.6 Å². The molecule has 0 unspecified atom stereocenters. The molecule has 96 valence electrons. The van der Waals surface area contributed by atoms with Gasteiger partial charge >= 0.3 is 0 Å². The summed E-state index contributed by atoms with van der Waals surface area (Å²) in [5, 5.41) is 7.43. The van der Waals surface area contributed by atoms with Crippen molar-refractivity contribution in [3.8, 4) is 0 Å². The highest BCUT2D eigenvalue weighted by Gasteiger charge is 2.03. The molecule has 1 amide bonds. The lowest BCUT2D eigenvalue weighted by atomic mass is 10.3. The Morgan fingerprint density at radius 3 is 2.62 bits per heavy atom. The fraction of sp³-hybridized carbons (Fsp3) is 0.889. The van der Waals surface area contributed by atoms with Gasteiger partial charge in [0.1, 0.15) is 0 Å². The first kappa shape index (κ1) is 15.3. The number of amides is 1. The summed E-state index contributed by atoms with van der Waals surface area (Å²) in [5.41, 5.74) is 0. The molecule has 0 atom stereocenters. The monoisotopic (exact) mass is 252 g/mol. The minimum atomic E-state index is -3.42. The van der Waals surface area contributed by atoms with Crippen LogP contribution in [0.5, 0.6) is 0 Å². The molecule has 16 heavy (non-hydrogen) atoms. The van der Waals surface area contributed by atoms with Crippen molar-refractivity contribution in [3.05, 3.63) is 0 Å². The summed E-state index contributed by atoms with van der Waals surface area (Å²) in [6.07, 6.45) is 1.42. The first-order valence-corrected chi connectivity index (χ1v) is 7.02. The van der Waals surface area contributed by atoms with Gasteiger partial charge in [-0.15, -0.1) is 0 Å². The molecule has 6 nitrogen and oxygen atoms in total. The number of sulfonamides is 1. The van der Waals surface area contributed by atoms with E-state index in [1.54, 1.807) is 0 Å². The van der Waals surface area contributed by atoms with E-state index in [-0.39, 0.29) is 11.7 Å². The van der Waals surface area contributed by atoms with Gasteiger partial charge in [0.25, 0.3) is 0 Å². The summed E-state index contributed by atoms with van der Waals surface area (Å²) in [5.74, 6) is -0.194. The molecule has 0 rings (SSSR count). The maximum absolute atomic E-state index is 11.2. The zero-order valence-electron chi connectivity index (χ0n) is 9.57. The molecule has 0 bridgehead atoms. The Hall–Kier alpha value is -0.660. The van der Waals surface area contributed by atoms with E-state index in [0.29, 0.717) is 39.0 Å². The molecule has 0 radical (unpaired) electrons. The van der Waals surface area contributed by atoms with Crippen molar-refractivity contribution in [2.75, 3.05) is 25.5 Å². The Morgan fingerprint density at radius 1 is 1.38 bits per heavy atom. The number of hydrogen-bond acceptors (Lipinski definition) is 4. The van der Waals surface area contributed by atoms with E-state index in [0.717, 1.165) is 0 Å². The lowest BCUT2D eigenvalue weighted by Crippen LogP contribution is -2.27. The van der Waals surface area contributed by atoms with E-state index >= 15 is 0 Å². The molecular formula is C9H20N2O4S. The van der Waals surface area contributed by atoms with Gasteiger partial charge in [-0.1, -0.05) is 0 Å². The Labute approximate surface area is 96.6 Å². The fourth-order valence-electron chi connectivity index (χ4n) is 1.07. The molecule has 7 heteroatoms. The van der Waals surface area contributed by atoms with Crippen LogP contribution in [0.3, 0.4) is 0 Å². The normalized spacial score (nSPS) is 11.4. The van der Waals surface area contributed by atoms with Gasteiger partial charge in [0.2, 0.25) is 15.9 Å². The highest BCUT2D eigenvalue weighted by atomic mass is 32.2. The molecule has 0 saturated heterocycles. The van der Waals surface area contributed by atoms with Crippen LogP contribution in [0, 0.1) is 0 Å². The molecular weight excluding hydrogens is 232 g/mol. The average molecular weight is 252 g/mol. The maximum atomic E-state index is 11.2. The second kappa shape index (κ2) is 8.49. The van der Waals surface area contributed by atoms with Crippen molar-refractivity contribution in [1.82, 2.24) is 5.32 Å². The molecule has 0 heterocycles. The standard InChI is InChI=1S/C9H20N2O4S/c1-2-15-7-3-5-9(12)11-6-4-8-16(10,13)14/h2-8H2,1H3,(H,11,12)(H2,10,13,14). The highest BCUT2D eigenvalue weighted by Crippen LogP contribution is 1.91. The third-order valence-electron chi connectivity index (χ3n) is 1.82. The SMILES string of the molecule is CCOCCCC(=O)NCCCS(N)(=O)=O. The quantitative estimate of drug-likeness (QED) is 0.545. The molecule has 0 spiro atoms. The van der Waals surface area contributed by atoms with Crippen molar-refractivity contribution in [2.24, 2.45) is 5.14 Å². The molecule has 0 aliphatic heterocycles. The second-order valence-corrected chi connectivity index (χ2v) is 5.10. The predicted molar refractivity (Wildman–Crippen MR) is 61.3 cm³/mol. The van der Waals surface area contributed by atoms with Gasteiger partial charge in [0.15, 0.2) is 0 Å². The van der Waals surface area contributed by atoms with Crippen LogP contribution >= 0.6 is 0 Å². The van der Waals surface area contributed by atoms with E-state index < -0.39 is 10.0 Å². The predicted octanol–water partition coefficient (Wildman–Crippen LogP) is -0.402. The van der Waals surface area contributed by atoms with Crippen molar-refractivity contribution < 1.29 is 17.9 Å². The number of primary sulfonamides is 1. The largest absolute Gasteiger partial charge is 0.382 e. The van der Waals surface area contributed by atoms with E-state index in [1.807, 2.05) is 6.92 Å². The fourth-order valence-corrected chi connectivity index (χ4v) is 1.62. The van der Waals surface area contributed by atoms with Gasteiger partial charge in [0, 0.05) is 26.2 Å². The van der Waals surface area contributed by atoms with Crippen LogP contribution in [0.15, 0.2) is 0 Å². The smallest absolute Gasteiger partial charge is 0.220 e. The topological polar surface area (TPSA) is 98.5 Å². The molecule has 0 fully saturated rings. The van der Waals surface area contributed by atoms with Crippen LogP contribution in [0.25, 0.3) is 0 Å². The summed E-state index contributed by atoms with van der Waals surface area (Å²) in [4.78, 5) is 11.2. The Balaban J connectivity index is 3.37. The average Bonchev–Trinajstić information content (AvgIpc) is 2.18. The number of ether oxygens (including phenoxy) is 1. The summed E-state index contributed by atoms with van der Waals surface area (Å²) in [6, 6.07) is 0. The van der Waals surface area contributed by atoms with Gasteiger partial charge in [-0.3, -0.25) is 4.79 Å². The third kappa shape index (κ3) is 11.4. The molecule has 0 saturated carbocycles. The molecule has 0 aliphatic rings. The number of rotatable bonds is 9. The van der Waals surface area contributed by atoms with Crippen LogP contribution in [0.1, 0.15) is 26.2 Å². The van der Waals surface area contributed by atoms with Crippen LogP contribution in [-0.2, 0) is 19.6 Å². The van der Waals surface area contributed by atoms with Gasteiger partial charge in [-0.05, 0) is 19.8 Å². The van der Waals surface area contributed by atoms with E-state index in [9.17, 15) is 13.2 Å². The van der Waals surface area contributed by atoms with Crippen molar-refractivity contribution in [2.45, 2.75) is 26.2 Å². The van der Waals surface area contributed by atoms with Gasteiger partial charge in [0.05, 0.1) is 5.75 Å². The number of carbonyl (C=O) groups is 1. The number of nitrogens with two attached hydrogens (primary N) is 1. The third-order valence-corrected chi connectivity index (χ3v) is 2.68. The molecule has 0 aromatic carbocycles. The van der Waals surface area contributed by atoms with E-state index in [2.05, 4.69) is 5.32 Å². The zero-order valence-corrected chi connectivity index (χ0v) is 10.4. The van der Waals surface area contributed by atoms with Crippen LogP contribution in [0.2, 0.25) is 0 Å². The Bertz CT molecular complexity index is 290. The minimum Gasteiger partial charge on any atom is -0.382 e. The zero-order chi connectivity index (χ0) is 12.4. The second-order valence-electron chi connectivity index (χ2n) is 3.37. The van der Waals surface area contributed by atoms with Crippen LogP contribution in [-0.4, -0.2) is 39.8 Å². The first-order valence-electron chi connectivity index (χ1n) is 5.30. The van der Waals surface area contributed by atoms with Crippen LogP contribution in [0.4, 0.5) is 0 Å². The van der Waals surface area contributed by atoms with E-state index in [4.69, 9.17) is 9.88 Å². The molecule has 0 aromatic rings. The van der Waals surface area contributed by atoms with Gasteiger partial charge < -0.3 is 10.1 Å². The lowest BCUT2D eigenvalue weighted by Gasteiger charge is -2.04. The van der Waals surface area contributed by atoms with Crippen LogP contribution < -0.4 is 10.5 Å². The summed E-state index contributed by atoms with van der Waals surface area (Å²) >= 11 is 0. The Kier molecular flexibility index (Phi) is 8.14. The number of hydrogen-bond donors (Lipinski definition) is 2. The summed E-state index contributed by atoms with van der Waals surface area (Å²) in [6.45, 7) is 3.45.